The summed E-state index contributed by atoms with van der Waals surface area (Å²) in [5, 5.41) is 6.94. The van der Waals surface area contributed by atoms with Crippen LogP contribution in [0.5, 0.6) is 0 Å². The lowest BCUT2D eigenvalue weighted by atomic mass is 9.93. The van der Waals surface area contributed by atoms with Gasteiger partial charge in [-0.3, -0.25) is 4.79 Å². The van der Waals surface area contributed by atoms with Gasteiger partial charge in [0.2, 0.25) is 5.91 Å². The van der Waals surface area contributed by atoms with Gasteiger partial charge in [0.15, 0.2) is 0 Å². The van der Waals surface area contributed by atoms with E-state index >= 15 is 0 Å². The number of hydrogen-bond donors (Lipinski definition) is 2. The zero-order valence-electron chi connectivity index (χ0n) is 22.5. The van der Waals surface area contributed by atoms with Gasteiger partial charge in [-0.05, 0) is 80.1 Å². The predicted molar refractivity (Wildman–Crippen MR) is 154 cm³/mol. The van der Waals surface area contributed by atoms with Crippen molar-refractivity contribution >= 4 is 34.6 Å². The van der Waals surface area contributed by atoms with Crippen molar-refractivity contribution in [1.82, 2.24) is 0 Å². The van der Waals surface area contributed by atoms with Crippen molar-refractivity contribution in [2.24, 2.45) is 11.3 Å². The maximum Gasteiger partial charge on any atom is 0.228 e. The van der Waals surface area contributed by atoms with Crippen molar-refractivity contribution in [2.75, 3.05) is 10.6 Å². The van der Waals surface area contributed by atoms with Crippen LogP contribution in [0.15, 0.2) is 67.2 Å². The molecule has 0 aromatic heterocycles. The summed E-state index contributed by atoms with van der Waals surface area (Å²) in [6.45, 7) is 15.6. The van der Waals surface area contributed by atoms with Gasteiger partial charge in [-0.15, -0.1) is 0 Å². The fourth-order valence-electron chi connectivity index (χ4n) is 5.25. The van der Waals surface area contributed by atoms with Crippen LogP contribution in [0.2, 0.25) is 5.02 Å². The Morgan fingerprint density at radius 3 is 2.27 bits per heavy atom. The average Bonchev–Trinajstić information content (AvgIpc) is 3.39. The first-order valence-electron chi connectivity index (χ1n) is 12.7. The van der Waals surface area contributed by atoms with Crippen LogP contribution in [0.3, 0.4) is 0 Å². The molecule has 0 spiro atoms. The Labute approximate surface area is 225 Å². The van der Waals surface area contributed by atoms with Gasteiger partial charge >= 0.3 is 0 Å². The highest BCUT2D eigenvalue weighted by Crippen LogP contribution is 2.64. The first-order valence-corrected chi connectivity index (χ1v) is 13.1. The maximum absolute atomic E-state index is 14.2. The van der Waals surface area contributed by atoms with Gasteiger partial charge < -0.3 is 10.6 Å². The minimum absolute atomic E-state index is 0.0213. The molecular formula is C32H36ClFN2O. The Morgan fingerprint density at radius 1 is 1.00 bits per heavy atom. The number of halogens is 2. The second-order valence-corrected chi connectivity index (χ2v) is 11.9. The monoisotopic (exact) mass is 518 g/mol. The summed E-state index contributed by atoms with van der Waals surface area (Å²) >= 11 is 6.47. The number of carbonyl (C=O) groups excluding carboxylic acids is 1. The molecule has 0 heterocycles. The molecule has 1 fully saturated rings. The van der Waals surface area contributed by atoms with E-state index in [1.54, 1.807) is 19.9 Å². The highest BCUT2D eigenvalue weighted by molar-refractivity contribution is 6.32. The molecule has 37 heavy (non-hydrogen) atoms. The minimum atomic E-state index is -1.26. The number of aryl methyl sites for hydroxylation is 2. The summed E-state index contributed by atoms with van der Waals surface area (Å²) in [4.78, 5) is 13.4. The Hall–Kier alpha value is -3.11. The lowest BCUT2D eigenvalue weighted by molar-refractivity contribution is -0.118. The Kier molecular flexibility index (Phi) is 7.27. The molecule has 0 radical (unpaired) electrons. The van der Waals surface area contributed by atoms with Gasteiger partial charge in [-0.2, -0.15) is 0 Å². The van der Waals surface area contributed by atoms with Gasteiger partial charge in [0.25, 0.3) is 0 Å². The molecule has 3 aromatic rings. The lowest BCUT2D eigenvalue weighted by Gasteiger charge is -2.16. The molecule has 0 aliphatic heterocycles. The molecule has 194 valence electrons. The lowest BCUT2D eigenvalue weighted by Crippen LogP contribution is -2.17. The van der Waals surface area contributed by atoms with Crippen LogP contribution >= 0.6 is 11.6 Å². The Balaban J connectivity index is 1.48. The molecule has 3 nitrogen and oxygen atoms in total. The fraction of sp³-hybridized carbons (Fsp3) is 0.344. The minimum Gasteiger partial charge on any atom is -0.355 e. The van der Waals surface area contributed by atoms with Crippen molar-refractivity contribution in [3.8, 4) is 0 Å². The van der Waals surface area contributed by atoms with E-state index in [9.17, 15) is 9.18 Å². The van der Waals surface area contributed by atoms with E-state index in [-0.39, 0.29) is 23.2 Å². The molecule has 2 unspecified atom stereocenters. The van der Waals surface area contributed by atoms with Crippen LogP contribution in [0.4, 0.5) is 15.8 Å². The van der Waals surface area contributed by atoms with E-state index in [0.717, 1.165) is 27.9 Å². The van der Waals surface area contributed by atoms with E-state index in [0.29, 0.717) is 22.8 Å². The molecular weight excluding hydrogens is 483 g/mol. The third-order valence-corrected chi connectivity index (χ3v) is 7.68. The van der Waals surface area contributed by atoms with Gasteiger partial charge in [0.05, 0.1) is 10.9 Å². The van der Waals surface area contributed by atoms with E-state index in [2.05, 4.69) is 43.2 Å². The molecule has 2 atom stereocenters. The van der Waals surface area contributed by atoms with Crippen LogP contribution in [-0.4, -0.2) is 11.6 Å². The SMILES string of the molecule is C=C(Nc1ccc(C)cc1)c1cc(NC(=O)C2C(c3ccc(CC(C)(C)F)c(C)c3)C2(C)C)ccc1Cl. The van der Waals surface area contributed by atoms with Crippen molar-refractivity contribution in [2.45, 2.75) is 59.5 Å². The quantitative estimate of drug-likeness (QED) is 0.313. The van der Waals surface area contributed by atoms with Gasteiger partial charge in [-0.25, -0.2) is 4.39 Å². The van der Waals surface area contributed by atoms with E-state index < -0.39 is 5.67 Å². The molecule has 1 aliphatic rings. The van der Waals surface area contributed by atoms with Crippen LogP contribution < -0.4 is 10.6 Å². The van der Waals surface area contributed by atoms with Crippen LogP contribution in [0.1, 0.15) is 61.4 Å². The Bertz CT molecular complexity index is 1340. The zero-order valence-corrected chi connectivity index (χ0v) is 23.3. The van der Waals surface area contributed by atoms with Crippen molar-refractivity contribution < 1.29 is 9.18 Å². The molecule has 0 saturated heterocycles. The number of rotatable bonds is 8. The number of alkyl halides is 1. The van der Waals surface area contributed by atoms with Crippen LogP contribution in [0.25, 0.3) is 5.70 Å². The van der Waals surface area contributed by atoms with Crippen LogP contribution in [0, 0.1) is 25.2 Å². The topological polar surface area (TPSA) is 41.1 Å². The number of amides is 1. The summed E-state index contributed by atoms with van der Waals surface area (Å²) in [7, 11) is 0. The summed E-state index contributed by atoms with van der Waals surface area (Å²) < 4.78 is 14.2. The molecule has 1 aliphatic carbocycles. The molecule has 1 saturated carbocycles. The zero-order chi connectivity index (χ0) is 27.1. The summed E-state index contributed by atoms with van der Waals surface area (Å²) in [6, 6.07) is 19.6. The van der Waals surface area contributed by atoms with Gasteiger partial charge in [0, 0.05) is 35.0 Å². The molecule has 3 aromatic carbocycles. The van der Waals surface area contributed by atoms with Crippen LogP contribution in [-0.2, 0) is 11.2 Å². The predicted octanol–water partition coefficient (Wildman–Crippen LogP) is 8.71. The average molecular weight is 519 g/mol. The standard InChI is InChI=1S/C32H36ClFN2O/c1-19-8-12-24(13-9-19)35-21(3)26-17-25(14-15-27(26)33)36-30(37)29-28(32(29,6)7)22-10-11-23(20(2)16-22)18-31(4,5)34/h8-17,28-29,35H,3,18H2,1-2,4-7H3,(H,36,37). The molecule has 5 heteroatoms. The molecule has 4 rings (SSSR count). The highest BCUT2D eigenvalue weighted by Gasteiger charge is 2.62. The van der Waals surface area contributed by atoms with Crippen molar-refractivity contribution in [3.63, 3.8) is 0 Å². The normalized spacial score (nSPS) is 18.3. The van der Waals surface area contributed by atoms with Crippen molar-refractivity contribution in [1.29, 1.82) is 0 Å². The molecule has 2 N–H and O–H groups in total. The highest BCUT2D eigenvalue weighted by atomic mass is 35.5. The van der Waals surface area contributed by atoms with E-state index in [1.165, 1.54) is 5.56 Å². The third kappa shape index (κ3) is 6.07. The first kappa shape index (κ1) is 26.9. The fourth-order valence-corrected chi connectivity index (χ4v) is 5.48. The molecule has 1 amide bonds. The van der Waals surface area contributed by atoms with E-state index in [4.69, 9.17) is 11.6 Å². The second kappa shape index (κ2) is 9.98. The van der Waals surface area contributed by atoms with E-state index in [1.807, 2.05) is 56.3 Å². The number of hydrogen-bond acceptors (Lipinski definition) is 2. The summed E-state index contributed by atoms with van der Waals surface area (Å²) in [6.07, 6.45) is 0.375. The third-order valence-electron chi connectivity index (χ3n) is 7.35. The number of carbonyl (C=O) groups is 1. The first-order chi connectivity index (χ1) is 17.3. The summed E-state index contributed by atoms with van der Waals surface area (Å²) in [5.74, 6) is -0.0843. The smallest absolute Gasteiger partial charge is 0.228 e. The van der Waals surface area contributed by atoms with Gasteiger partial charge in [0.1, 0.15) is 5.67 Å². The number of anilines is 2. The largest absolute Gasteiger partial charge is 0.355 e. The van der Waals surface area contributed by atoms with Gasteiger partial charge in [-0.1, -0.05) is 67.9 Å². The maximum atomic E-state index is 14.2. The second-order valence-electron chi connectivity index (χ2n) is 11.5. The van der Waals surface area contributed by atoms with Crippen molar-refractivity contribution in [3.05, 3.63) is 100 Å². The molecule has 0 bridgehead atoms. The Morgan fingerprint density at radius 2 is 1.65 bits per heavy atom. The number of nitrogens with one attached hydrogen (secondary N) is 2. The summed E-state index contributed by atoms with van der Waals surface area (Å²) in [5.41, 5.74) is 5.90. The number of benzene rings is 3.